The van der Waals surface area contributed by atoms with E-state index in [0.29, 0.717) is 5.69 Å². The van der Waals surface area contributed by atoms with E-state index in [1.54, 1.807) is 6.20 Å². The monoisotopic (exact) mass is 255 g/mol. The van der Waals surface area contributed by atoms with E-state index in [9.17, 15) is 4.79 Å². The SMILES string of the molecule is O=C(N[C@H]1CCCNC1)c1nccc2ccccc12. The van der Waals surface area contributed by atoms with Crippen molar-refractivity contribution >= 4 is 16.7 Å². The van der Waals surface area contributed by atoms with Crippen LogP contribution in [-0.2, 0) is 0 Å². The van der Waals surface area contributed by atoms with Crippen LogP contribution in [0.15, 0.2) is 36.5 Å². The number of nitrogens with zero attached hydrogens (tertiary/aromatic N) is 1. The van der Waals surface area contributed by atoms with Crippen LogP contribution in [0.5, 0.6) is 0 Å². The van der Waals surface area contributed by atoms with Gasteiger partial charge < -0.3 is 10.6 Å². The summed E-state index contributed by atoms with van der Waals surface area (Å²) in [5.41, 5.74) is 0.517. The van der Waals surface area contributed by atoms with Gasteiger partial charge in [-0.2, -0.15) is 0 Å². The lowest BCUT2D eigenvalue weighted by atomic mass is 10.1. The highest BCUT2D eigenvalue weighted by atomic mass is 16.1. The Morgan fingerprint density at radius 1 is 1.32 bits per heavy atom. The maximum absolute atomic E-state index is 12.3. The average molecular weight is 255 g/mol. The van der Waals surface area contributed by atoms with Gasteiger partial charge in [0.15, 0.2) is 0 Å². The van der Waals surface area contributed by atoms with Crippen molar-refractivity contribution in [3.8, 4) is 0 Å². The van der Waals surface area contributed by atoms with Crippen LogP contribution in [0.4, 0.5) is 0 Å². The average Bonchev–Trinajstić information content (AvgIpc) is 2.47. The van der Waals surface area contributed by atoms with Crippen LogP contribution in [0.25, 0.3) is 10.8 Å². The van der Waals surface area contributed by atoms with Gasteiger partial charge in [0.1, 0.15) is 5.69 Å². The Morgan fingerprint density at radius 2 is 2.21 bits per heavy atom. The molecule has 1 aromatic heterocycles. The Bertz CT molecular complexity index is 585. The van der Waals surface area contributed by atoms with Gasteiger partial charge in [0, 0.05) is 24.2 Å². The van der Waals surface area contributed by atoms with Crippen LogP contribution in [-0.4, -0.2) is 30.0 Å². The number of pyridine rings is 1. The van der Waals surface area contributed by atoms with Gasteiger partial charge in [0.25, 0.3) is 5.91 Å². The first-order chi connectivity index (χ1) is 9.34. The summed E-state index contributed by atoms with van der Waals surface area (Å²) in [5.74, 6) is -0.0782. The van der Waals surface area contributed by atoms with E-state index < -0.39 is 0 Å². The van der Waals surface area contributed by atoms with Gasteiger partial charge in [0.2, 0.25) is 0 Å². The third-order valence-corrected chi connectivity index (χ3v) is 3.52. The fourth-order valence-corrected chi connectivity index (χ4v) is 2.53. The van der Waals surface area contributed by atoms with Gasteiger partial charge in [-0.25, -0.2) is 0 Å². The molecule has 1 aliphatic rings. The van der Waals surface area contributed by atoms with Gasteiger partial charge in [-0.1, -0.05) is 24.3 Å². The van der Waals surface area contributed by atoms with Crippen molar-refractivity contribution in [3.05, 3.63) is 42.2 Å². The van der Waals surface area contributed by atoms with Crippen molar-refractivity contribution < 1.29 is 4.79 Å². The molecule has 1 atom stereocenters. The fraction of sp³-hybridized carbons (Fsp3) is 0.333. The summed E-state index contributed by atoms with van der Waals surface area (Å²) < 4.78 is 0. The number of benzene rings is 1. The summed E-state index contributed by atoms with van der Waals surface area (Å²) in [6, 6.07) is 9.97. The first-order valence-corrected chi connectivity index (χ1v) is 6.70. The predicted molar refractivity (Wildman–Crippen MR) is 75.1 cm³/mol. The van der Waals surface area contributed by atoms with E-state index in [2.05, 4.69) is 15.6 Å². The molecule has 98 valence electrons. The first kappa shape index (κ1) is 12.1. The minimum absolute atomic E-state index is 0.0782. The molecule has 3 rings (SSSR count). The highest BCUT2D eigenvalue weighted by Crippen LogP contribution is 2.16. The fourth-order valence-electron chi connectivity index (χ4n) is 2.53. The van der Waals surface area contributed by atoms with Crippen LogP contribution < -0.4 is 10.6 Å². The van der Waals surface area contributed by atoms with E-state index in [1.807, 2.05) is 30.3 Å². The van der Waals surface area contributed by atoms with Crippen molar-refractivity contribution in [3.63, 3.8) is 0 Å². The lowest BCUT2D eigenvalue weighted by Crippen LogP contribution is -2.45. The second kappa shape index (κ2) is 5.36. The number of rotatable bonds is 2. The molecular formula is C15H17N3O. The molecule has 1 aromatic carbocycles. The van der Waals surface area contributed by atoms with Crippen molar-refractivity contribution in [1.82, 2.24) is 15.6 Å². The largest absolute Gasteiger partial charge is 0.347 e. The molecule has 2 N–H and O–H groups in total. The van der Waals surface area contributed by atoms with Crippen LogP contribution in [0.1, 0.15) is 23.3 Å². The molecule has 4 heteroatoms. The van der Waals surface area contributed by atoms with Crippen molar-refractivity contribution in [2.24, 2.45) is 0 Å². The minimum Gasteiger partial charge on any atom is -0.347 e. The molecule has 0 spiro atoms. The van der Waals surface area contributed by atoms with Crippen LogP contribution in [0.2, 0.25) is 0 Å². The number of nitrogens with one attached hydrogen (secondary N) is 2. The van der Waals surface area contributed by atoms with E-state index >= 15 is 0 Å². The Kier molecular flexibility index (Phi) is 3.42. The maximum Gasteiger partial charge on any atom is 0.270 e. The molecule has 1 saturated heterocycles. The zero-order valence-corrected chi connectivity index (χ0v) is 10.7. The smallest absolute Gasteiger partial charge is 0.270 e. The summed E-state index contributed by atoms with van der Waals surface area (Å²) in [5, 5.41) is 8.31. The summed E-state index contributed by atoms with van der Waals surface area (Å²) in [6.45, 7) is 1.88. The Balaban J connectivity index is 1.85. The summed E-state index contributed by atoms with van der Waals surface area (Å²) in [4.78, 5) is 16.6. The molecule has 1 fully saturated rings. The third-order valence-electron chi connectivity index (χ3n) is 3.52. The van der Waals surface area contributed by atoms with Crippen LogP contribution in [0.3, 0.4) is 0 Å². The molecule has 0 unspecified atom stereocenters. The number of hydrogen-bond acceptors (Lipinski definition) is 3. The van der Waals surface area contributed by atoms with E-state index in [-0.39, 0.29) is 11.9 Å². The molecule has 0 saturated carbocycles. The summed E-state index contributed by atoms with van der Waals surface area (Å²) in [6.07, 6.45) is 3.83. The molecule has 0 aliphatic carbocycles. The second-order valence-corrected chi connectivity index (χ2v) is 4.90. The van der Waals surface area contributed by atoms with E-state index in [1.165, 1.54) is 0 Å². The molecule has 4 nitrogen and oxygen atoms in total. The van der Waals surface area contributed by atoms with Gasteiger partial charge in [-0.15, -0.1) is 0 Å². The van der Waals surface area contributed by atoms with Gasteiger partial charge in [-0.3, -0.25) is 9.78 Å². The van der Waals surface area contributed by atoms with E-state index in [4.69, 9.17) is 0 Å². The molecule has 0 bridgehead atoms. The zero-order valence-electron chi connectivity index (χ0n) is 10.7. The normalized spacial score (nSPS) is 19.3. The molecule has 2 heterocycles. The number of piperidine rings is 1. The molecular weight excluding hydrogens is 238 g/mol. The highest BCUT2D eigenvalue weighted by molar-refractivity contribution is 6.05. The van der Waals surface area contributed by atoms with Crippen LogP contribution in [0, 0.1) is 0 Å². The van der Waals surface area contributed by atoms with Crippen LogP contribution >= 0.6 is 0 Å². The Labute approximate surface area is 112 Å². The number of carbonyl (C=O) groups excluding carboxylic acids is 1. The lowest BCUT2D eigenvalue weighted by Gasteiger charge is -2.23. The predicted octanol–water partition coefficient (Wildman–Crippen LogP) is 1.72. The van der Waals surface area contributed by atoms with Crippen molar-refractivity contribution in [2.75, 3.05) is 13.1 Å². The van der Waals surface area contributed by atoms with Gasteiger partial charge >= 0.3 is 0 Å². The molecule has 0 radical (unpaired) electrons. The molecule has 1 aliphatic heterocycles. The minimum atomic E-state index is -0.0782. The number of carbonyl (C=O) groups is 1. The second-order valence-electron chi connectivity index (χ2n) is 4.90. The number of aromatic nitrogens is 1. The summed E-state index contributed by atoms with van der Waals surface area (Å²) >= 11 is 0. The molecule has 1 amide bonds. The maximum atomic E-state index is 12.3. The first-order valence-electron chi connectivity index (χ1n) is 6.70. The molecule has 2 aromatic rings. The third kappa shape index (κ3) is 2.58. The highest BCUT2D eigenvalue weighted by Gasteiger charge is 2.18. The lowest BCUT2D eigenvalue weighted by molar-refractivity contribution is 0.0927. The van der Waals surface area contributed by atoms with Gasteiger partial charge in [-0.05, 0) is 30.8 Å². The molecule has 19 heavy (non-hydrogen) atoms. The van der Waals surface area contributed by atoms with Crippen molar-refractivity contribution in [1.29, 1.82) is 0 Å². The Morgan fingerprint density at radius 3 is 3.05 bits per heavy atom. The number of fused-ring (bicyclic) bond motifs is 1. The standard InChI is InChI=1S/C15H17N3O/c19-15(18-12-5-3-8-16-10-12)14-13-6-2-1-4-11(13)7-9-17-14/h1-2,4,6-7,9,12,16H,3,5,8,10H2,(H,18,19)/t12-/m0/s1. The van der Waals surface area contributed by atoms with Gasteiger partial charge in [0.05, 0.1) is 0 Å². The van der Waals surface area contributed by atoms with Crippen molar-refractivity contribution in [2.45, 2.75) is 18.9 Å². The number of amides is 1. The quantitative estimate of drug-likeness (QED) is 0.859. The summed E-state index contributed by atoms with van der Waals surface area (Å²) in [7, 11) is 0. The Hall–Kier alpha value is -1.94. The van der Waals surface area contributed by atoms with E-state index in [0.717, 1.165) is 36.7 Å². The topological polar surface area (TPSA) is 54.0 Å². The number of hydrogen-bond donors (Lipinski definition) is 2. The zero-order chi connectivity index (χ0) is 13.1.